The molecule has 17 heavy (non-hydrogen) atoms. The second-order valence-electron chi connectivity index (χ2n) is 3.88. The maximum atomic E-state index is 12.1. The lowest BCUT2D eigenvalue weighted by atomic mass is 10.2. The van der Waals surface area contributed by atoms with E-state index in [9.17, 15) is 9.59 Å². The van der Waals surface area contributed by atoms with E-state index in [1.165, 1.54) is 12.3 Å². The van der Waals surface area contributed by atoms with Gasteiger partial charge in [0, 0.05) is 36.4 Å². The van der Waals surface area contributed by atoms with Gasteiger partial charge in [0.25, 0.3) is 5.91 Å². The minimum absolute atomic E-state index is 0.201. The number of hydrogen-bond acceptors (Lipinski definition) is 2. The maximum absolute atomic E-state index is 12.1. The molecule has 5 heteroatoms. The molecule has 0 saturated carbocycles. The Morgan fingerprint density at radius 1 is 1.47 bits per heavy atom. The number of aromatic amines is 1. The molecule has 1 N–H and O–H groups in total. The highest BCUT2D eigenvalue weighted by Crippen LogP contribution is 2.02. The monoisotopic (exact) mass is 300 g/mol. The van der Waals surface area contributed by atoms with Gasteiger partial charge in [0.15, 0.2) is 5.43 Å². The third-order valence-corrected chi connectivity index (χ3v) is 2.78. The molecule has 0 radical (unpaired) electrons. The second kappa shape index (κ2) is 6.59. The zero-order chi connectivity index (χ0) is 12.8. The van der Waals surface area contributed by atoms with Crippen molar-refractivity contribution in [1.82, 2.24) is 9.88 Å². The quantitative estimate of drug-likeness (QED) is 0.845. The van der Waals surface area contributed by atoms with E-state index in [0.29, 0.717) is 18.4 Å². The van der Waals surface area contributed by atoms with Crippen LogP contribution in [-0.2, 0) is 0 Å². The van der Waals surface area contributed by atoms with Crippen LogP contribution in [0.25, 0.3) is 0 Å². The third kappa shape index (κ3) is 3.70. The van der Waals surface area contributed by atoms with Crippen molar-refractivity contribution in [2.45, 2.75) is 20.3 Å². The van der Waals surface area contributed by atoms with Crippen LogP contribution in [0.15, 0.2) is 17.1 Å². The summed E-state index contributed by atoms with van der Waals surface area (Å²) in [5.41, 5.74) is 0.751. The number of rotatable bonds is 5. The molecule has 0 spiro atoms. The summed E-state index contributed by atoms with van der Waals surface area (Å²) in [4.78, 5) is 28.4. The summed E-state index contributed by atoms with van der Waals surface area (Å²) in [6, 6.07) is 1.45. The molecule has 1 rings (SSSR count). The van der Waals surface area contributed by atoms with Crippen LogP contribution in [0, 0.1) is 6.92 Å². The minimum atomic E-state index is -0.220. The van der Waals surface area contributed by atoms with E-state index < -0.39 is 0 Å². The second-order valence-corrected chi connectivity index (χ2v) is 4.67. The van der Waals surface area contributed by atoms with Crippen molar-refractivity contribution in [3.63, 3.8) is 0 Å². The Kier molecular flexibility index (Phi) is 5.41. The van der Waals surface area contributed by atoms with Gasteiger partial charge in [-0.2, -0.15) is 0 Å². The molecular weight excluding hydrogens is 284 g/mol. The molecular formula is C12H17BrN2O2. The van der Waals surface area contributed by atoms with Crippen molar-refractivity contribution < 1.29 is 4.79 Å². The number of amides is 1. The van der Waals surface area contributed by atoms with Crippen molar-refractivity contribution in [2.24, 2.45) is 0 Å². The van der Waals surface area contributed by atoms with Gasteiger partial charge in [-0.05, 0) is 13.3 Å². The summed E-state index contributed by atoms with van der Waals surface area (Å²) in [7, 11) is 0. The highest BCUT2D eigenvalue weighted by Gasteiger charge is 2.17. The lowest BCUT2D eigenvalue weighted by Crippen LogP contribution is -2.36. The summed E-state index contributed by atoms with van der Waals surface area (Å²) in [5, 5.41) is 0.711. The van der Waals surface area contributed by atoms with Crippen LogP contribution in [0.4, 0.5) is 0 Å². The van der Waals surface area contributed by atoms with Gasteiger partial charge < -0.3 is 9.88 Å². The molecule has 1 amide bonds. The van der Waals surface area contributed by atoms with Crippen molar-refractivity contribution in [3.05, 3.63) is 33.7 Å². The van der Waals surface area contributed by atoms with Crippen LogP contribution in [0.5, 0.6) is 0 Å². The normalized spacial score (nSPS) is 10.3. The fraction of sp³-hybridized carbons (Fsp3) is 0.500. The SMILES string of the molecule is CCCN(CCBr)C(=O)c1c[nH]c(C)cc1=O. The van der Waals surface area contributed by atoms with Crippen molar-refractivity contribution in [3.8, 4) is 0 Å². The summed E-state index contributed by atoms with van der Waals surface area (Å²) < 4.78 is 0. The van der Waals surface area contributed by atoms with Crippen molar-refractivity contribution in [1.29, 1.82) is 0 Å². The van der Waals surface area contributed by atoms with E-state index in [1.807, 2.05) is 6.92 Å². The fourth-order valence-corrected chi connectivity index (χ4v) is 2.03. The molecule has 0 atom stereocenters. The van der Waals surface area contributed by atoms with E-state index in [-0.39, 0.29) is 16.9 Å². The number of alkyl halides is 1. The molecule has 0 aliphatic heterocycles. The lowest BCUT2D eigenvalue weighted by molar-refractivity contribution is 0.0765. The summed E-state index contributed by atoms with van der Waals surface area (Å²) >= 11 is 3.31. The molecule has 0 fully saturated rings. The molecule has 1 aromatic rings. The Hall–Kier alpha value is -1.10. The average molecular weight is 301 g/mol. The standard InChI is InChI=1S/C12H17BrN2O2/c1-3-5-15(6-4-13)12(17)10-8-14-9(2)7-11(10)16/h7-8H,3-6H2,1-2H3,(H,14,16). The van der Waals surface area contributed by atoms with Gasteiger partial charge in [0.05, 0.1) is 0 Å². The van der Waals surface area contributed by atoms with E-state index in [4.69, 9.17) is 0 Å². The fourth-order valence-electron chi connectivity index (χ4n) is 1.60. The van der Waals surface area contributed by atoms with Gasteiger partial charge in [-0.1, -0.05) is 22.9 Å². The Bertz CT molecular complexity index is 436. The summed E-state index contributed by atoms with van der Waals surface area (Å²) in [6.45, 7) is 5.07. The molecule has 0 unspecified atom stereocenters. The molecule has 0 bridgehead atoms. The number of H-pyrrole nitrogens is 1. The summed E-state index contributed by atoms with van der Waals surface area (Å²) in [6.07, 6.45) is 2.37. The van der Waals surface area contributed by atoms with Crippen LogP contribution in [0.3, 0.4) is 0 Å². The molecule has 1 heterocycles. The molecule has 0 aliphatic carbocycles. The zero-order valence-electron chi connectivity index (χ0n) is 10.1. The predicted octanol–water partition coefficient (Wildman–Crippen LogP) is 1.93. The molecule has 0 saturated heterocycles. The van der Waals surface area contributed by atoms with Crippen LogP contribution < -0.4 is 5.43 Å². The smallest absolute Gasteiger partial charge is 0.259 e. The van der Waals surface area contributed by atoms with Crippen LogP contribution in [0.2, 0.25) is 0 Å². The number of aromatic nitrogens is 1. The first-order valence-corrected chi connectivity index (χ1v) is 6.76. The first kappa shape index (κ1) is 14.0. The van der Waals surface area contributed by atoms with Crippen LogP contribution >= 0.6 is 15.9 Å². The Balaban J connectivity index is 2.96. The molecule has 94 valence electrons. The highest BCUT2D eigenvalue weighted by atomic mass is 79.9. The molecule has 1 aromatic heterocycles. The topological polar surface area (TPSA) is 53.2 Å². The predicted molar refractivity (Wildman–Crippen MR) is 71.8 cm³/mol. The van der Waals surface area contributed by atoms with E-state index in [2.05, 4.69) is 20.9 Å². The molecule has 4 nitrogen and oxygen atoms in total. The Morgan fingerprint density at radius 3 is 2.71 bits per heavy atom. The van der Waals surface area contributed by atoms with Crippen LogP contribution in [-0.4, -0.2) is 34.2 Å². The first-order valence-electron chi connectivity index (χ1n) is 5.64. The lowest BCUT2D eigenvalue weighted by Gasteiger charge is -2.20. The number of hydrogen-bond donors (Lipinski definition) is 1. The number of nitrogens with one attached hydrogen (secondary N) is 1. The third-order valence-electron chi connectivity index (χ3n) is 2.42. The van der Waals surface area contributed by atoms with Gasteiger partial charge in [-0.15, -0.1) is 0 Å². The van der Waals surface area contributed by atoms with Crippen molar-refractivity contribution >= 4 is 21.8 Å². The highest BCUT2D eigenvalue weighted by molar-refractivity contribution is 9.09. The van der Waals surface area contributed by atoms with Gasteiger partial charge in [-0.25, -0.2) is 0 Å². The van der Waals surface area contributed by atoms with E-state index in [0.717, 1.165) is 12.1 Å². The number of aryl methyl sites for hydroxylation is 1. The zero-order valence-corrected chi connectivity index (χ0v) is 11.7. The van der Waals surface area contributed by atoms with Gasteiger partial charge >= 0.3 is 0 Å². The first-order chi connectivity index (χ1) is 8.10. The molecule has 0 aliphatic rings. The molecule has 0 aromatic carbocycles. The maximum Gasteiger partial charge on any atom is 0.259 e. The Morgan fingerprint density at radius 2 is 2.18 bits per heavy atom. The van der Waals surface area contributed by atoms with Gasteiger partial charge in [-0.3, -0.25) is 9.59 Å². The van der Waals surface area contributed by atoms with Gasteiger partial charge in [0.2, 0.25) is 0 Å². The number of nitrogens with zero attached hydrogens (tertiary/aromatic N) is 1. The van der Waals surface area contributed by atoms with E-state index >= 15 is 0 Å². The van der Waals surface area contributed by atoms with Crippen LogP contribution in [0.1, 0.15) is 29.4 Å². The van der Waals surface area contributed by atoms with Crippen molar-refractivity contribution in [2.75, 3.05) is 18.4 Å². The van der Waals surface area contributed by atoms with E-state index in [1.54, 1.807) is 11.8 Å². The summed E-state index contributed by atoms with van der Waals surface area (Å²) in [5.74, 6) is -0.201. The van der Waals surface area contributed by atoms with Gasteiger partial charge in [0.1, 0.15) is 5.56 Å². The minimum Gasteiger partial charge on any atom is -0.364 e. The number of pyridine rings is 1. The number of halogens is 1. The number of carbonyl (C=O) groups is 1. The number of carbonyl (C=O) groups excluding carboxylic acids is 1. The average Bonchev–Trinajstić information content (AvgIpc) is 2.28. The largest absolute Gasteiger partial charge is 0.364 e. The Labute approximate surface area is 109 Å².